The van der Waals surface area contributed by atoms with E-state index >= 15 is 0 Å². The first-order valence-corrected chi connectivity index (χ1v) is 9.95. The number of methoxy groups -OCH3 is 2. The van der Waals surface area contributed by atoms with Crippen molar-refractivity contribution in [1.82, 2.24) is 9.97 Å². The number of fused-ring (bicyclic) bond motifs is 1. The highest BCUT2D eigenvalue weighted by Crippen LogP contribution is 2.28. The fourth-order valence-electron chi connectivity index (χ4n) is 3.47. The number of nitrogens with one attached hydrogen (secondary N) is 1. The number of hydrogen-bond acceptors (Lipinski definition) is 5. The smallest absolute Gasteiger partial charge is 0.138 e. The van der Waals surface area contributed by atoms with Crippen molar-refractivity contribution in [2.24, 2.45) is 0 Å². The van der Waals surface area contributed by atoms with Gasteiger partial charge in [-0.05, 0) is 35.4 Å². The van der Waals surface area contributed by atoms with Gasteiger partial charge in [0.15, 0.2) is 0 Å². The van der Waals surface area contributed by atoms with Gasteiger partial charge in [-0.1, -0.05) is 49.4 Å². The molecule has 0 radical (unpaired) electrons. The van der Waals surface area contributed by atoms with Crippen LogP contribution >= 0.6 is 0 Å². The maximum Gasteiger partial charge on any atom is 0.138 e. The van der Waals surface area contributed by atoms with Gasteiger partial charge in [0.2, 0.25) is 0 Å². The van der Waals surface area contributed by atoms with Crippen molar-refractivity contribution in [3.8, 4) is 11.5 Å². The van der Waals surface area contributed by atoms with Crippen molar-refractivity contribution in [3.63, 3.8) is 0 Å². The summed E-state index contributed by atoms with van der Waals surface area (Å²) in [5.74, 6) is 3.23. The summed E-state index contributed by atoms with van der Waals surface area (Å²) in [4.78, 5) is 9.72. The standard InChI is InChI=1S/C25H25N3O2/c1-17(19-9-5-4-6-10-19)24-27-23-12-8-7-11-22(23)25(28-24)26-16-18-13-20(29-2)15-21(14-18)30-3/h4-15,17H,16H2,1-3H3,(H,26,27,28). The first-order valence-electron chi connectivity index (χ1n) is 9.95. The van der Waals surface area contributed by atoms with Crippen LogP contribution in [0.2, 0.25) is 0 Å². The third-order valence-electron chi connectivity index (χ3n) is 5.18. The Morgan fingerprint density at radius 2 is 1.50 bits per heavy atom. The molecule has 1 N–H and O–H groups in total. The number of nitrogens with zero attached hydrogens (tertiary/aromatic N) is 2. The molecule has 0 aliphatic heterocycles. The summed E-state index contributed by atoms with van der Waals surface area (Å²) < 4.78 is 10.8. The SMILES string of the molecule is COc1cc(CNc2nc(C(C)c3ccccc3)nc3ccccc23)cc(OC)c1. The van der Waals surface area contributed by atoms with Crippen LogP contribution in [-0.2, 0) is 6.54 Å². The Hall–Kier alpha value is -3.60. The van der Waals surface area contributed by atoms with Crippen molar-refractivity contribution in [2.75, 3.05) is 19.5 Å². The summed E-state index contributed by atoms with van der Waals surface area (Å²) >= 11 is 0. The quantitative estimate of drug-likeness (QED) is 0.450. The largest absolute Gasteiger partial charge is 0.497 e. The molecule has 30 heavy (non-hydrogen) atoms. The zero-order valence-corrected chi connectivity index (χ0v) is 17.4. The van der Waals surface area contributed by atoms with Crippen LogP contribution in [0.25, 0.3) is 10.9 Å². The Bertz CT molecular complexity index is 1120. The van der Waals surface area contributed by atoms with Crippen LogP contribution in [0.3, 0.4) is 0 Å². The lowest BCUT2D eigenvalue weighted by atomic mass is 10.0. The van der Waals surface area contributed by atoms with E-state index in [2.05, 4.69) is 24.4 Å². The number of hydrogen-bond donors (Lipinski definition) is 1. The molecule has 0 amide bonds. The third kappa shape index (κ3) is 4.20. The molecular formula is C25H25N3O2. The van der Waals surface area contributed by atoms with Crippen LogP contribution < -0.4 is 14.8 Å². The fraction of sp³-hybridized carbons (Fsp3) is 0.200. The van der Waals surface area contributed by atoms with E-state index in [-0.39, 0.29) is 5.92 Å². The van der Waals surface area contributed by atoms with Crippen molar-refractivity contribution in [1.29, 1.82) is 0 Å². The lowest BCUT2D eigenvalue weighted by Gasteiger charge is -2.15. The van der Waals surface area contributed by atoms with Gasteiger partial charge in [-0.25, -0.2) is 9.97 Å². The molecule has 1 aromatic heterocycles. The second-order valence-electron chi connectivity index (χ2n) is 7.15. The van der Waals surface area contributed by atoms with E-state index in [1.807, 2.05) is 60.7 Å². The number of ether oxygens (including phenoxy) is 2. The third-order valence-corrected chi connectivity index (χ3v) is 5.18. The van der Waals surface area contributed by atoms with E-state index in [1.54, 1.807) is 14.2 Å². The second kappa shape index (κ2) is 8.82. The molecule has 5 heteroatoms. The first-order chi connectivity index (χ1) is 14.7. The molecule has 4 rings (SSSR count). The summed E-state index contributed by atoms with van der Waals surface area (Å²) in [5, 5.41) is 4.49. The first kappa shape index (κ1) is 19.7. The Morgan fingerprint density at radius 1 is 0.833 bits per heavy atom. The van der Waals surface area contributed by atoms with E-state index in [1.165, 1.54) is 5.56 Å². The summed E-state index contributed by atoms with van der Waals surface area (Å²) in [6, 6.07) is 24.3. The Kier molecular flexibility index (Phi) is 5.80. The highest BCUT2D eigenvalue weighted by Gasteiger charge is 2.15. The molecule has 0 bridgehead atoms. The van der Waals surface area contributed by atoms with Gasteiger partial charge in [-0.2, -0.15) is 0 Å². The molecule has 0 fully saturated rings. The Labute approximate surface area is 176 Å². The van der Waals surface area contributed by atoms with Gasteiger partial charge in [-0.15, -0.1) is 0 Å². The van der Waals surface area contributed by atoms with Crippen molar-refractivity contribution in [3.05, 3.63) is 89.7 Å². The van der Waals surface area contributed by atoms with Gasteiger partial charge in [-0.3, -0.25) is 0 Å². The van der Waals surface area contributed by atoms with E-state index < -0.39 is 0 Å². The van der Waals surface area contributed by atoms with Gasteiger partial charge in [0.1, 0.15) is 23.1 Å². The van der Waals surface area contributed by atoms with Crippen molar-refractivity contribution >= 4 is 16.7 Å². The Morgan fingerprint density at radius 3 is 2.20 bits per heavy atom. The highest BCUT2D eigenvalue weighted by molar-refractivity contribution is 5.89. The number of anilines is 1. The molecule has 0 aliphatic rings. The normalized spacial score (nSPS) is 11.8. The predicted octanol–water partition coefficient (Wildman–Crippen LogP) is 5.41. The van der Waals surface area contributed by atoms with Crippen LogP contribution in [0.1, 0.15) is 29.8 Å². The topological polar surface area (TPSA) is 56.3 Å². The zero-order chi connectivity index (χ0) is 20.9. The fourth-order valence-corrected chi connectivity index (χ4v) is 3.47. The molecule has 1 atom stereocenters. The number of benzene rings is 3. The van der Waals surface area contributed by atoms with E-state index in [0.717, 1.165) is 39.6 Å². The maximum atomic E-state index is 5.39. The van der Waals surface area contributed by atoms with E-state index in [9.17, 15) is 0 Å². The molecule has 152 valence electrons. The van der Waals surface area contributed by atoms with E-state index in [4.69, 9.17) is 19.4 Å². The average Bonchev–Trinajstić information content (AvgIpc) is 2.82. The van der Waals surface area contributed by atoms with Gasteiger partial charge in [0.25, 0.3) is 0 Å². The maximum absolute atomic E-state index is 5.39. The van der Waals surface area contributed by atoms with Crippen LogP contribution in [0.5, 0.6) is 11.5 Å². The van der Waals surface area contributed by atoms with Crippen LogP contribution in [-0.4, -0.2) is 24.2 Å². The highest BCUT2D eigenvalue weighted by atomic mass is 16.5. The van der Waals surface area contributed by atoms with Gasteiger partial charge in [0.05, 0.1) is 19.7 Å². The molecule has 4 aromatic rings. The van der Waals surface area contributed by atoms with Crippen molar-refractivity contribution < 1.29 is 9.47 Å². The minimum Gasteiger partial charge on any atom is -0.497 e. The zero-order valence-electron chi connectivity index (χ0n) is 17.4. The van der Waals surface area contributed by atoms with Crippen molar-refractivity contribution in [2.45, 2.75) is 19.4 Å². The average molecular weight is 399 g/mol. The van der Waals surface area contributed by atoms with Crippen LogP contribution in [0.4, 0.5) is 5.82 Å². The van der Waals surface area contributed by atoms with Gasteiger partial charge >= 0.3 is 0 Å². The number of rotatable bonds is 7. The molecule has 1 heterocycles. The molecule has 5 nitrogen and oxygen atoms in total. The Balaban J connectivity index is 1.68. The van der Waals surface area contributed by atoms with Crippen LogP contribution in [0.15, 0.2) is 72.8 Å². The minimum absolute atomic E-state index is 0.0910. The monoisotopic (exact) mass is 399 g/mol. The number of aromatic nitrogens is 2. The van der Waals surface area contributed by atoms with E-state index in [0.29, 0.717) is 6.54 Å². The molecule has 0 aliphatic carbocycles. The lowest BCUT2D eigenvalue weighted by molar-refractivity contribution is 0.393. The molecule has 1 unspecified atom stereocenters. The molecule has 0 saturated carbocycles. The molecule has 3 aromatic carbocycles. The summed E-state index contributed by atoms with van der Waals surface area (Å²) in [5.41, 5.74) is 3.17. The molecule has 0 saturated heterocycles. The molecular weight excluding hydrogens is 374 g/mol. The van der Waals surface area contributed by atoms with Gasteiger partial charge < -0.3 is 14.8 Å². The number of para-hydroxylation sites is 1. The molecule has 0 spiro atoms. The minimum atomic E-state index is 0.0910. The summed E-state index contributed by atoms with van der Waals surface area (Å²) in [6.07, 6.45) is 0. The lowest BCUT2D eigenvalue weighted by Crippen LogP contribution is -2.08. The van der Waals surface area contributed by atoms with Gasteiger partial charge in [0, 0.05) is 23.9 Å². The van der Waals surface area contributed by atoms with Crippen LogP contribution in [0, 0.1) is 0 Å². The summed E-state index contributed by atoms with van der Waals surface area (Å²) in [7, 11) is 3.31. The predicted molar refractivity (Wildman–Crippen MR) is 120 cm³/mol. The second-order valence-corrected chi connectivity index (χ2v) is 7.15. The summed E-state index contributed by atoms with van der Waals surface area (Å²) in [6.45, 7) is 2.73.